The summed E-state index contributed by atoms with van der Waals surface area (Å²) in [6.07, 6.45) is -4.32. The van der Waals surface area contributed by atoms with Gasteiger partial charge in [0.2, 0.25) is 0 Å². The quantitative estimate of drug-likeness (QED) is 0.333. The highest BCUT2D eigenvalue weighted by Gasteiger charge is 2.30. The van der Waals surface area contributed by atoms with Gasteiger partial charge in [-0.15, -0.1) is 23.1 Å². The molecule has 0 aliphatic rings. The molecule has 0 N–H and O–H groups in total. The van der Waals surface area contributed by atoms with E-state index in [1.807, 2.05) is 42.5 Å². The summed E-state index contributed by atoms with van der Waals surface area (Å²) < 4.78 is 39.7. The lowest BCUT2D eigenvalue weighted by atomic mass is 10.1. The summed E-state index contributed by atoms with van der Waals surface area (Å²) in [7, 11) is 0. The van der Waals surface area contributed by atoms with Crippen LogP contribution in [0, 0.1) is 0 Å². The van der Waals surface area contributed by atoms with E-state index < -0.39 is 11.7 Å². The number of nitrogens with zero attached hydrogens (tertiary/aromatic N) is 1. The fourth-order valence-electron chi connectivity index (χ4n) is 2.72. The van der Waals surface area contributed by atoms with Gasteiger partial charge in [-0.2, -0.15) is 13.2 Å². The van der Waals surface area contributed by atoms with Crippen molar-refractivity contribution < 1.29 is 13.2 Å². The third-order valence-corrected chi connectivity index (χ3v) is 6.19. The molecule has 136 valence electrons. The van der Waals surface area contributed by atoms with E-state index in [1.165, 1.54) is 23.9 Å². The molecular formula is C21H14F3NS2. The maximum absolute atomic E-state index is 12.8. The van der Waals surface area contributed by atoms with Crippen molar-refractivity contribution in [3.8, 4) is 10.6 Å². The van der Waals surface area contributed by atoms with E-state index in [4.69, 9.17) is 0 Å². The SMILES string of the molecule is FC(F)(F)c1cccc(SCc2cccc(-c3nc4ccccc4s3)c2)c1. The van der Waals surface area contributed by atoms with E-state index in [0.717, 1.165) is 32.4 Å². The van der Waals surface area contributed by atoms with Gasteiger partial charge in [-0.25, -0.2) is 4.98 Å². The minimum atomic E-state index is -4.32. The Balaban J connectivity index is 1.53. The Morgan fingerprint density at radius 1 is 0.889 bits per heavy atom. The standard InChI is InChI=1S/C21H14F3NS2/c22-21(23,24)16-7-4-8-17(12-16)26-13-14-5-3-6-15(11-14)20-25-18-9-1-2-10-19(18)27-20/h1-12H,13H2. The van der Waals surface area contributed by atoms with Gasteiger partial charge >= 0.3 is 6.18 Å². The first-order valence-corrected chi connectivity index (χ1v) is 10.0. The number of thiazole rings is 1. The monoisotopic (exact) mass is 401 g/mol. The highest BCUT2D eigenvalue weighted by atomic mass is 32.2. The Hall–Kier alpha value is -2.31. The van der Waals surface area contributed by atoms with Gasteiger partial charge in [-0.3, -0.25) is 0 Å². The predicted molar refractivity (Wildman–Crippen MR) is 106 cm³/mol. The minimum absolute atomic E-state index is 0.597. The normalized spacial score (nSPS) is 11.8. The van der Waals surface area contributed by atoms with E-state index in [0.29, 0.717) is 10.6 Å². The number of thioether (sulfide) groups is 1. The highest BCUT2D eigenvalue weighted by Crippen LogP contribution is 2.34. The van der Waals surface area contributed by atoms with Crippen LogP contribution in [0.2, 0.25) is 0 Å². The zero-order chi connectivity index (χ0) is 18.9. The number of hydrogen-bond donors (Lipinski definition) is 0. The molecular weight excluding hydrogens is 387 g/mol. The van der Waals surface area contributed by atoms with Crippen molar-refractivity contribution in [3.05, 3.63) is 83.9 Å². The molecule has 0 saturated carbocycles. The van der Waals surface area contributed by atoms with Crippen molar-refractivity contribution in [1.29, 1.82) is 0 Å². The second kappa shape index (κ2) is 7.37. The zero-order valence-corrected chi connectivity index (χ0v) is 15.7. The van der Waals surface area contributed by atoms with Gasteiger partial charge in [0.1, 0.15) is 5.01 Å². The lowest BCUT2D eigenvalue weighted by Crippen LogP contribution is -2.04. The van der Waals surface area contributed by atoms with Gasteiger partial charge in [-0.1, -0.05) is 36.4 Å². The van der Waals surface area contributed by atoms with Crippen molar-refractivity contribution >= 4 is 33.3 Å². The number of halogens is 3. The van der Waals surface area contributed by atoms with E-state index in [9.17, 15) is 13.2 Å². The summed E-state index contributed by atoms with van der Waals surface area (Å²) in [5.74, 6) is 0.597. The number of para-hydroxylation sites is 1. The van der Waals surface area contributed by atoms with Crippen molar-refractivity contribution in [3.63, 3.8) is 0 Å². The van der Waals surface area contributed by atoms with Crippen LogP contribution in [0.5, 0.6) is 0 Å². The third kappa shape index (κ3) is 4.17. The second-order valence-electron chi connectivity index (χ2n) is 6.00. The number of aromatic nitrogens is 1. The summed E-state index contributed by atoms with van der Waals surface area (Å²) >= 11 is 3.03. The van der Waals surface area contributed by atoms with Gasteiger partial charge in [0.25, 0.3) is 0 Å². The van der Waals surface area contributed by atoms with Crippen molar-refractivity contribution in [2.24, 2.45) is 0 Å². The van der Waals surface area contributed by atoms with Crippen LogP contribution in [-0.2, 0) is 11.9 Å². The molecule has 4 aromatic rings. The number of benzene rings is 3. The summed E-state index contributed by atoms with van der Waals surface area (Å²) in [5.41, 5.74) is 2.43. The van der Waals surface area contributed by atoms with Crippen LogP contribution in [0.3, 0.4) is 0 Å². The fraction of sp³-hybridized carbons (Fsp3) is 0.0952. The van der Waals surface area contributed by atoms with Crippen molar-refractivity contribution in [1.82, 2.24) is 4.98 Å². The summed E-state index contributed by atoms with van der Waals surface area (Å²) in [6, 6.07) is 21.4. The summed E-state index contributed by atoms with van der Waals surface area (Å²) in [4.78, 5) is 5.27. The van der Waals surface area contributed by atoms with Crippen LogP contribution >= 0.6 is 23.1 Å². The molecule has 1 nitrogen and oxygen atoms in total. The summed E-state index contributed by atoms with van der Waals surface area (Å²) in [5, 5.41) is 0.946. The van der Waals surface area contributed by atoms with Gasteiger partial charge in [0.15, 0.2) is 0 Å². The molecule has 0 atom stereocenters. The van der Waals surface area contributed by atoms with Crippen molar-refractivity contribution in [2.75, 3.05) is 0 Å². The molecule has 0 bridgehead atoms. The molecule has 4 rings (SSSR count). The molecule has 0 saturated heterocycles. The predicted octanol–water partition coefficient (Wildman–Crippen LogP) is 7.27. The Morgan fingerprint density at radius 3 is 2.52 bits per heavy atom. The maximum Gasteiger partial charge on any atom is 0.416 e. The number of rotatable bonds is 4. The van der Waals surface area contributed by atoms with Crippen LogP contribution in [0.15, 0.2) is 77.7 Å². The molecule has 0 amide bonds. The molecule has 0 unspecified atom stereocenters. The first-order valence-electron chi connectivity index (χ1n) is 8.24. The Kier molecular flexibility index (Phi) is 4.93. The van der Waals surface area contributed by atoms with Crippen LogP contribution in [0.25, 0.3) is 20.8 Å². The Bertz CT molecular complexity index is 1050. The second-order valence-corrected chi connectivity index (χ2v) is 8.08. The Labute approximate surface area is 162 Å². The van der Waals surface area contributed by atoms with Gasteiger partial charge < -0.3 is 0 Å². The fourth-order valence-corrected chi connectivity index (χ4v) is 4.58. The first kappa shape index (κ1) is 18.1. The Morgan fingerprint density at radius 2 is 1.70 bits per heavy atom. The van der Waals surface area contributed by atoms with E-state index in [2.05, 4.69) is 11.1 Å². The lowest BCUT2D eigenvalue weighted by molar-refractivity contribution is -0.137. The minimum Gasteiger partial charge on any atom is -0.236 e. The average molecular weight is 401 g/mol. The highest BCUT2D eigenvalue weighted by molar-refractivity contribution is 7.98. The molecule has 0 aliphatic carbocycles. The molecule has 0 spiro atoms. The molecule has 1 heterocycles. The third-order valence-electron chi connectivity index (χ3n) is 4.03. The lowest BCUT2D eigenvalue weighted by Gasteiger charge is -2.09. The van der Waals surface area contributed by atoms with Crippen molar-refractivity contribution in [2.45, 2.75) is 16.8 Å². The molecule has 0 aliphatic heterocycles. The van der Waals surface area contributed by atoms with E-state index >= 15 is 0 Å². The number of hydrogen-bond acceptors (Lipinski definition) is 3. The molecule has 0 fully saturated rings. The largest absolute Gasteiger partial charge is 0.416 e. The van der Waals surface area contributed by atoms with Crippen LogP contribution in [-0.4, -0.2) is 4.98 Å². The topological polar surface area (TPSA) is 12.9 Å². The molecule has 6 heteroatoms. The van der Waals surface area contributed by atoms with Gasteiger partial charge in [-0.05, 0) is 42.0 Å². The summed E-state index contributed by atoms with van der Waals surface area (Å²) in [6.45, 7) is 0. The first-order chi connectivity index (χ1) is 13.0. The molecule has 0 radical (unpaired) electrons. The number of fused-ring (bicyclic) bond motifs is 1. The van der Waals surface area contributed by atoms with E-state index in [1.54, 1.807) is 17.4 Å². The van der Waals surface area contributed by atoms with Gasteiger partial charge in [0.05, 0.1) is 15.8 Å². The van der Waals surface area contributed by atoms with Gasteiger partial charge in [0, 0.05) is 16.2 Å². The van der Waals surface area contributed by atoms with Crippen LogP contribution in [0.4, 0.5) is 13.2 Å². The molecule has 1 aromatic heterocycles. The average Bonchev–Trinajstić information content (AvgIpc) is 3.10. The van der Waals surface area contributed by atoms with Crippen LogP contribution in [0.1, 0.15) is 11.1 Å². The zero-order valence-electron chi connectivity index (χ0n) is 14.0. The number of alkyl halides is 3. The van der Waals surface area contributed by atoms with Crippen LogP contribution < -0.4 is 0 Å². The molecule has 27 heavy (non-hydrogen) atoms. The smallest absolute Gasteiger partial charge is 0.236 e. The molecule has 3 aromatic carbocycles. The van der Waals surface area contributed by atoms with E-state index in [-0.39, 0.29) is 0 Å². The maximum atomic E-state index is 12.8.